The highest BCUT2D eigenvalue weighted by Gasteiger charge is 2.32. The van der Waals surface area contributed by atoms with Crippen molar-refractivity contribution in [1.29, 1.82) is 0 Å². The molecule has 0 spiro atoms. The van der Waals surface area contributed by atoms with E-state index in [0.29, 0.717) is 30.2 Å². The van der Waals surface area contributed by atoms with Gasteiger partial charge in [-0.3, -0.25) is 4.79 Å². The summed E-state index contributed by atoms with van der Waals surface area (Å²) in [5.74, 6) is -0.312. The number of amides is 1. The molecule has 4 rings (SSSR count). The second kappa shape index (κ2) is 8.31. The van der Waals surface area contributed by atoms with E-state index in [1.165, 1.54) is 34.0 Å². The third-order valence-corrected chi connectivity index (χ3v) is 6.39. The highest BCUT2D eigenvalue weighted by Crippen LogP contribution is 2.41. The molecule has 29 heavy (non-hydrogen) atoms. The second-order valence-electron chi connectivity index (χ2n) is 6.75. The first-order valence-corrected chi connectivity index (χ1v) is 10.2. The van der Waals surface area contributed by atoms with E-state index in [9.17, 15) is 9.18 Å². The molecule has 5 nitrogen and oxygen atoms in total. The molecule has 2 heterocycles. The molecule has 0 aliphatic carbocycles. The maximum Gasteiger partial charge on any atom is 0.230 e. The number of benzene rings is 2. The van der Waals surface area contributed by atoms with Gasteiger partial charge in [0.25, 0.3) is 0 Å². The number of aromatic nitrogens is 1. The van der Waals surface area contributed by atoms with Crippen molar-refractivity contribution in [3.05, 3.63) is 81.6 Å². The lowest BCUT2D eigenvalue weighted by Gasteiger charge is -2.16. The maximum atomic E-state index is 13.2. The lowest BCUT2D eigenvalue weighted by atomic mass is 10.0. The van der Waals surface area contributed by atoms with Crippen LogP contribution in [0.2, 0.25) is 5.15 Å². The maximum absolute atomic E-state index is 13.2. The van der Waals surface area contributed by atoms with Gasteiger partial charge in [0.1, 0.15) is 11.0 Å². The molecule has 0 saturated carbocycles. The Labute approximate surface area is 177 Å². The molecular weight excluding hydrogens is 411 g/mol. The molecule has 1 atom stereocenters. The Bertz CT molecular complexity index is 1040. The van der Waals surface area contributed by atoms with Gasteiger partial charge >= 0.3 is 0 Å². The van der Waals surface area contributed by atoms with Crippen LogP contribution in [0, 0.1) is 5.82 Å². The van der Waals surface area contributed by atoms with Crippen molar-refractivity contribution in [3.8, 4) is 0 Å². The van der Waals surface area contributed by atoms with E-state index >= 15 is 0 Å². The summed E-state index contributed by atoms with van der Waals surface area (Å²) in [6.45, 7) is 0.698. The molecule has 8 heteroatoms. The summed E-state index contributed by atoms with van der Waals surface area (Å²) < 4.78 is 13.2. The minimum atomic E-state index is -0.323. The number of carbonyl (C=O) groups excluding carboxylic acids is 1. The Kier molecular flexibility index (Phi) is 5.60. The normalized spacial score (nSPS) is 16.0. The average molecular weight is 429 g/mol. The zero-order valence-corrected chi connectivity index (χ0v) is 17.2. The highest BCUT2D eigenvalue weighted by molar-refractivity contribution is 7.16. The predicted molar refractivity (Wildman–Crippen MR) is 114 cm³/mol. The molecule has 148 valence electrons. The van der Waals surface area contributed by atoms with E-state index in [2.05, 4.69) is 22.2 Å². The topological polar surface area (TPSA) is 48.8 Å². The standard InChI is InChI=1S/C21H18ClFN4OS/c1-26(12-14-5-3-2-4-6-14)21-24-20(22)19(29-21)18-11-17(25-27(18)13-28)15-7-9-16(23)10-8-15/h2-10,13,18H,11-12H2,1H3. The van der Waals surface area contributed by atoms with Crippen molar-refractivity contribution in [1.82, 2.24) is 9.99 Å². The minimum Gasteiger partial charge on any atom is -0.347 e. The SMILES string of the molecule is CN(Cc1ccccc1)c1nc(Cl)c(C2CC(c3ccc(F)cc3)=NN2C=O)s1. The van der Waals surface area contributed by atoms with Crippen molar-refractivity contribution < 1.29 is 9.18 Å². The number of hydrogen-bond acceptors (Lipinski definition) is 5. The van der Waals surface area contributed by atoms with Gasteiger partial charge in [-0.1, -0.05) is 65.4 Å². The molecule has 0 radical (unpaired) electrons. The molecule has 0 saturated heterocycles. The average Bonchev–Trinajstić information content (AvgIpc) is 3.32. The molecule has 0 fully saturated rings. The first-order chi connectivity index (χ1) is 14.0. The quantitative estimate of drug-likeness (QED) is 0.526. The number of anilines is 1. The van der Waals surface area contributed by atoms with Gasteiger partial charge in [0, 0.05) is 20.0 Å². The van der Waals surface area contributed by atoms with Crippen molar-refractivity contribution >= 4 is 40.2 Å². The molecule has 1 aliphatic heterocycles. The van der Waals surface area contributed by atoms with E-state index in [-0.39, 0.29) is 11.9 Å². The van der Waals surface area contributed by atoms with E-state index in [0.717, 1.165) is 15.6 Å². The highest BCUT2D eigenvalue weighted by atomic mass is 35.5. The number of hydrazone groups is 1. The first kappa shape index (κ1) is 19.5. The largest absolute Gasteiger partial charge is 0.347 e. The fourth-order valence-electron chi connectivity index (χ4n) is 3.25. The Morgan fingerprint density at radius 1 is 1.24 bits per heavy atom. The zero-order chi connectivity index (χ0) is 20.4. The van der Waals surface area contributed by atoms with Crippen LogP contribution in [0.4, 0.5) is 9.52 Å². The van der Waals surface area contributed by atoms with E-state index in [4.69, 9.17) is 11.6 Å². The lowest BCUT2D eigenvalue weighted by molar-refractivity contribution is -0.119. The van der Waals surface area contributed by atoms with Crippen molar-refractivity contribution in [3.63, 3.8) is 0 Å². The van der Waals surface area contributed by atoms with Crippen LogP contribution in [-0.2, 0) is 11.3 Å². The predicted octanol–water partition coefficient (Wildman–Crippen LogP) is 4.88. The zero-order valence-electron chi connectivity index (χ0n) is 15.6. The number of nitrogens with zero attached hydrogens (tertiary/aromatic N) is 4. The summed E-state index contributed by atoms with van der Waals surface area (Å²) >= 11 is 7.89. The van der Waals surface area contributed by atoms with Crippen LogP contribution in [-0.4, -0.2) is 29.2 Å². The van der Waals surface area contributed by atoms with Gasteiger partial charge < -0.3 is 4.90 Å². The molecule has 1 aromatic heterocycles. The van der Waals surface area contributed by atoms with Crippen LogP contribution in [0.15, 0.2) is 59.7 Å². The second-order valence-corrected chi connectivity index (χ2v) is 8.12. The lowest BCUT2D eigenvalue weighted by Crippen LogP contribution is -2.16. The first-order valence-electron chi connectivity index (χ1n) is 9.03. The fraction of sp³-hybridized carbons (Fsp3) is 0.190. The molecule has 1 unspecified atom stereocenters. The van der Waals surface area contributed by atoms with E-state index in [1.807, 2.05) is 30.1 Å². The summed E-state index contributed by atoms with van der Waals surface area (Å²) in [5, 5.41) is 6.90. The summed E-state index contributed by atoms with van der Waals surface area (Å²) in [4.78, 5) is 18.9. The smallest absolute Gasteiger partial charge is 0.230 e. The van der Waals surface area contributed by atoms with Gasteiger partial charge in [0.05, 0.1) is 16.6 Å². The third-order valence-electron chi connectivity index (χ3n) is 4.72. The summed E-state index contributed by atoms with van der Waals surface area (Å²) in [5.41, 5.74) is 2.66. The van der Waals surface area contributed by atoms with Crippen molar-refractivity contribution in [2.75, 3.05) is 11.9 Å². The molecule has 2 aromatic carbocycles. The number of rotatable bonds is 6. The van der Waals surface area contributed by atoms with Gasteiger partial charge in [-0.15, -0.1) is 0 Å². The van der Waals surface area contributed by atoms with E-state index in [1.54, 1.807) is 12.1 Å². The Morgan fingerprint density at radius 2 is 1.97 bits per heavy atom. The summed E-state index contributed by atoms with van der Waals surface area (Å²) in [6, 6.07) is 15.8. The van der Waals surface area contributed by atoms with E-state index < -0.39 is 0 Å². The number of carbonyl (C=O) groups is 1. The Morgan fingerprint density at radius 3 is 2.66 bits per heavy atom. The Balaban J connectivity index is 1.55. The minimum absolute atomic E-state index is 0.312. The number of thiazole rings is 1. The van der Waals surface area contributed by atoms with Crippen LogP contribution in [0.3, 0.4) is 0 Å². The monoisotopic (exact) mass is 428 g/mol. The van der Waals surface area contributed by atoms with Crippen LogP contribution in [0.25, 0.3) is 0 Å². The van der Waals surface area contributed by atoms with Crippen LogP contribution in [0.5, 0.6) is 0 Å². The summed E-state index contributed by atoms with van der Waals surface area (Å²) in [6.07, 6.45) is 1.18. The molecular formula is C21H18ClFN4OS. The Hall–Kier alpha value is -2.77. The van der Waals surface area contributed by atoms with Gasteiger partial charge in [-0.25, -0.2) is 14.4 Å². The summed E-state index contributed by atoms with van der Waals surface area (Å²) in [7, 11) is 1.96. The molecule has 1 amide bonds. The molecule has 0 bridgehead atoms. The van der Waals surface area contributed by atoms with Gasteiger partial charge in [0.2, 0.25) is 6.41 Å². The van der Waals surface area contributed by atoms with Gasteiger partial charge in [-0.2, -0.15) is 5.10 Å². The van der Waals surface area contributed by atoms with Crippen LogP contribution < -0.4 is 4.90 Å². The van der Waals surface area contributed by atoms with Gasteiger partial charge in [0.15, 0.2) is 5.13 Å². The van der Waals surface area contributed by atoms with Crippen molar-refractivity contribution in [2.45, 2.75) is 19.0 Å². The van der Waals surface area contributed by atoms with Crippen LogP contribution in [0.1, 0.15) is 28.5 Å². The number of hydrogen-bond donors (Lipinski definition) is 0. The molecule has 0 N–H and O–H groups in total. The third kappa shape index (κ3) is 4.16. The molecule has 1 aliphatic rings. The number of halogens is 2. The van der Waals surface area contributed by atoms with Crippen molar-refractivity contribution in [2.24, 2.45) is 5.10 Å². The fourth-order valence-corrected chi connectivity index (χ4v) is 4.63. The van der Waals surface area contributed by atoms with Crippen LogP contribution >= 0.6 is 22.9 Å². The molecule has 3 aromatic rings. The van der Waals surface area contributed by atoms with Gasteiger partial charge in [-0.05, 0) is 23.3 Å².